The molecule has 1 amide bonds. The maximum Gasteiger partial charge on any atom is 0.288 e. The van der Waals surface area contributed by atoms with Crippen molar-refractivity contribution in [3.05, 3.63) is 36.5 Å². The number of amides is 1. The summed E-state index contributed by atoms with van der Waals surface area (Å²) in [5.74, 6) is -3.05. The van der Waals surface area contributed by atoms with Gasteiger partial charge in [0, 0.05) is 12.7 Å². The number of alkyl halides is 2. The Morgan fingerprint density at radius 3 is 2.91 bits per heavy atom. The summed E-state index contributed by atoms with van der Waals surface area (Å²) < 4.78 is 33.2. The molecule has 3 heterocycles. The Morgan fingerprint density at radius 1 is 1.36 bits per heavy atom. The van der Waals surface area contributed by atoms with E-state index in [0.29, 0.717) is 5.82 Å². The van der Waals surface area contributed by atoms with Crippen molar-refractivity contribution < 1.29 is 18.3 Å². The van der Waals surface area contributed by atoms with Gasteiger partial charge in [0.1, 0.15) is 19.3 Å². The van der Waals surface area contributed by atoms with Crippen molar-refractivity contribution in [2.75, 3.05) is 26.3 Å². The summed E-state index contributed by atoms with van der Waals surface area (Å²) in [6, 6.07) is 3.10. The molecule has 0 atom stereocenters. The summed E-state index contributed by atoms with van der Waals surface area (Å²) in [6.45, 7) is -1.11. The van der Waals surface area contributed by atoms with Crippen molar-refractivity contribution in [1.82, 2.24) is 24.6 Å². The van der Waals surface area contributed by atoms with Crippen LogP contribution in [-0.2, 0) is 4.74 Å². The highest BCUT2D eigenvalue weighted by molar-refractivity contribution is 5.94. The summed E-state index contributed by atoms with van der Waals surface area (Å²) >= 11 is 0. The number of hydrogen-bond acceptors (Lipinski definition) is 5. The van der Waals surface area contributed by atoms with Crippen LogP contribution in [0, 0.1) is 0 Å². The molecule has 0 spiro atoms. The van der Waals surface area contributed by atoms with Crippen molar-refractivity contribution >= 4 is 5.91 Å². The Hall–Kier alpha value is -2.42. The van der Waals surface area contributed by atoms with Gasteiger partial charge in [-0.25, -0.2) is 23.4 Å². The van der Waals surface area contributed by atoms with Crippen LogP contribution in [0.1, 0.15) is 10.4 Å². The van der Waals surface area contributed by atoms with E-state index >= 15 is 0 Å². The van der Waals surface area contributed by atoms with Crippen LogP contribution < -0.4 is 0 Å². The van der Waals surface area contributed by atoms with E-state index in [-0.39, 0.29) is 18.7 Å². The number of carbonyl (C=O) groups is 1. The summed E-state index contributed by atoms with van der Waals surface area (Å²) in [6.07, 6.45) is 4.17. The van der Waals surface area contributed by atoms with Gasteiger partial charge in [0.15, 0.2) is 5.82 Å². The van der Waals surface area contributed by atoms with E-state index in [1.807, 2.05) is 0 Å². The molecule has 0 N–H and O–H groups in total. The highest BCUT2D eigenvalue weighted by Crippen LogP contribution is 2.20. The zero-order chi connectivity index (χ0) is 15.6. The predicted octanol–water partition coefficient (Wildman–Crippen LogP) is 0.770. The fourth-order valence-corrected chi connectivity index (χ4v) is 2.13. The summed E-state index contributed by atoms with van der Waals surface area (Å²) in [7, 11) is 0. The first-order chi connectivity index (χ1) is 10.6. The molecule has 116 valence electrons. The van der Waals surface area contributed by atoms with Gasteiger partial charge in [-0.2, -0.15) is 5.10 Å². The number of hydrogen-bond donors (Lipinski definition) is 0. The largest absolute Gasteiger partial charge is 0.373 e. The third-order valence-corrected chi connectivity index (χ3v) is 3.18. The minimum atomic E-state index is -3.04. The number of carbonyl (C=O) groups excluding carboxylic acids is 1. The Balaban J connectivity index is 1.77. The molecule has 0 bridgehead atoms. The van der Waals surface area contributed by atoms with Gasteiger partial charge in [-0.3, -0.25) is 4.79 Å². The average molecular weight is 309 g/mol. The summed E-state index contributed by atoms with van der Waals surface area (Å²) in [5, 5.41) is 3.91. The number of ether oxygens (including phenoxy) is 1. The van der Waals surface area contributed by atoms with Crippen LogP contribution in [0.5, 0.6) is 0 Å². The molecule has 1 aliphatic heterocycles. The SMILES string of the molecule is O=C(c1ccc(-n2cncn2)nc1)N1CCOCC(F)(F)C1. The molecule has 7 nitrogen and oxygen atoms in total. The van der Waals surface area contributed by atoms with Gasteiger partial charge in [0.05, 0.1) is 18.7 Å². The third kappa shape index (κ3) is 3.08. The molecule has 0 radical (unpaired) electrons. The number of aromatic nitrogens is 4. The van der Waals surface area contributed by atoms with Crippen molar-refractivity contribution in [3.63, 3.8) is 0 Å². The van der Waals surface area contributed by atoms with Gasteiger partial charge in [0.2, 0.25) is 0 Å². The lowest BCUT2D eigenvalue weighted by Crippen LogP contribution is -2.41. The van der Waals surface area contributed by atoms with Crippen LogP contribution in [0.25, 0.3) is 5.82 Å². The van der Waals surface area contributed by atoms with Crippen molar-refractivity contribution in [2.45, 2.75) is 5.92 Å². The molecule has 0 aromatic carbocycles. The molecular weight excluding hydrogens is 296 g/mol. The van der Waals surface area contributed by atoms with Gasteiger partial charge < -0.3 is 9.64 Å². The highest BCUT2D eigenvalue weighted by Gasteiger charge is 2.36. The monoisotopic (exact) mass is 309 g/mol. The fraction of sp³-hybridized carbons (Fsp3) is 0.385. The van der Waals surface area contributed by atoms with E-state index in [1.54, 1.807) is 6.07 Å². The van der Waals surface area contributed by atoms with E-state index in [9.17, 15) is 13.6 Å². The minimum Gasteiger partial charge on any atom is -0.373 e. The highest BCUT2D eigenvalue weighted by atomic mass is 19.3. The first kappa shape index (κ1) is 14.5. The van der Waals surface area contributed by atoms with E-state index in [0.717, 1.165) is 4.90 Å². The topological polar surface area (TPSA) is 73.1 Å². The number of nitrogens with zero attached hydrogens (tertiary/aromatic N) is 5. The lowest BCUT2D eigenvalue weighted by atomic mass is 10.2. The molecule has 9 heteroatoms. The summed E-state index contributed by atoms with van der Waals surface area (Å²) in [4.78, 5) is 21.3. The standard InChI is InChI=1S/C13H13F2N5O2/c14-13(15)6-19(3-4-22-7-13)12(21)10-1-2-11(17-5-10)20-9-16-8-18-20/h1-2,5,8-9H,3-4,6-7H2. The zero-order valence-corrected chi connectivity index (χ0v) is 11.5. The number of pyridine rings is 1. The zero-order valence-electron chi connectivity index (χ0n) is 11.5. The molecule has 2 aromatic rings. The quantitative estimate of drug-likeness (QED) is 0.819. The Kier molecular flexibility index (Phi) is 3.80. The lowest BCUT2D eigenvalue weighted by molar-refractivity contribution is -0.0660. The maximum atomic E-state index is 13.5. The van der Waals surface area contributed by atoms with Crippen molar-refractivity contribution in [1.29, 1.82) is 0 Å². The second kappa shape index (κ2) is 5.76. The maximum absolute atomic E-state index is 13.5. The smallest absolute Gasteiger partial charge is 0.288 e. The Morgan fingerprint density at radius 2 is 2.23 bits per heavy atom. The molecule has 1 aliphatic rings. The molecular formula is C13H13F2N5O2. The molecule has 0 saturated carbocycles. The Bertz CT molecular complexity index is 645. The minimum absolute atomic E-state index is 0.0891. The van der Waals surface area contributed by atoms with Crippen LogP contribution in [0.4, 0.5) is 8.78 Å². The molecule has 3 rings (SSSR count). The van der Waals surface area contributed by atoms with Crippen LogP contribution >= 0.6 is 0 Å². The van der Waals surface area contributed by atoms with Crippen LogP contribution in [-0.4, -0.2) is 62.8 Å². The number of rotatable bonds is 2. The number of halogens is 2. The van der Waals surface area contributed by atoms with Crippen molar-refractivity contribution in [2.24, 2.45) is 0 Å². The Labute approximate surface area is 124 Å². The van der Waals surface area contributed by atoms with E-state index in [1.165, 1.54) is 29.6 Å². The third-order valence-electron chi connectivity index (χ3n) is 3.18. The van der Waals surface area contributed by atoms with Gasteiger partial charge in [-0.1, -0.05) is 0 Å². The van der Waals surface area contributed by atoms with E-state index in [4.69, 9.17) is 4.74 Å². The molecule has 22 heavy (non-hydrogen) atoms. The molecule has 2 aromatic heterocycles. The molecule has 1 fully saturated rings. The van der Waals surface area contributed by atoms with E-state index < -0.39 is 25.0 Å². The van der Waals surface area contributed by atoms with Crippen molar-refractivity contribution in [3.8, 4) is 5.82 Å². The van der Waals surface area contributed by atoms with Crippen LogP contribution in [0.3, 0.4) is 0 Å². The average Bonchev–Trinajstić information content (AvgIpc) is 2.98. The van der Waals surface area contributed by atoms with Gasteiger partial charge >= 0.3 is 0 Å². The molecule has 1 saturated heterocycles. The lowest BCUT2D eigenvalue weighted by Gasteiger charge is -2.23. The van der Waals surface area contributed by atoms with Crippen LogP contribution in [0.2, 0.25) is 0 Å². The first-order valence-electron chi connectivity index (χ1n) is 6.61. The van der Waals surface area contributed by atoms with Gasteiger partial charge in [0.25, 0.3) is 11.8 Å². The second-order valence-corrected chi connectivity index (χ2v) is 4.88. The normalized spacial score (nSPS) is 18.0. The first-order valence-corrected chi connectivity index (χ1v) is 6.61. The summed E-state index contributed by atoms with van der Waals surface area (Å²) in [5.41, 5.74) is 0.238. The van der Waals surface area contributed by atoms with Crippen LogP contribution in [0.15, 0.2) is 31.0 Å². The van der Waals surface area contributed by atoms with Gasteiger partial charge in [-0.05, 0) is 12.1 Å². The molecule has 0 unspecified atom stereocenters. The van der Waals surface area contributed by atoms with Gasteiger partial charge in [-0.15, -0.1) is 0 Å². The van der Waals surface area contributed by atoms with E-state index in [2.05, 4.69) is 15.1 Å². The molecule has 0 aliphatic carbocycles. The second-order valence-electron chi connectivity index (χ2n) is 4.88. The fourth-order valence-electron chi connectivity index (χ4n) is 2.13. The predicted molar refractivity (Wildman–Crippen MR) is 70.8 cm³/mol.